The average Bonchev–Trinajstić information content (AvgIpc) is 3.28. The lowest BCUT2D eigenvalue weighted by Gasteiger charge is -2.18. The van der Waals surface area contributed by atoms with Crippen LogP contribution >= 0.6 is 23.1 Å². The van der Waals surface area contributed by atoms with E-state index in [0.29, 0.717) is 11.5 Å². The molecule has 0 spiro atoms. The number of hydrogen-bond acceptors (Lipinski definition) is 8. The largest absolute Gasteiger partial charge is 0.357 e. The third-order valence-electron chi connectivity index (χ3n) is 5.28. The highest BCUT2D eigenvalue weighted by Gasteiger charge is 2.55. The summed E-state index contributed by atoms with van der Waals surface area (Å²) in [5.74, 6) is 5.40. The van der Waals surface area contributed by atoms with Gasteiger partial charge in [-0.1, -0.05) is 60.8 Å². The summed E-state index contributed by atoms with van der Waals surface area (Å²) in [5.41, 5.74) is 2.93. The number of nitrogens with two attached hydrogens (primary N) is 1. The molecule has 1 saturated heterocycles. The van der Waals surface area contributed by atoms with Gasteiger partial charge in [-0.05, 0) is 24.6 Å². The van der Waals surface area contributed by atoms with Crippen molar-refractivity contribution in [3.05, 3.63) is 82.8 Å². The Morgan fingerprint density at radius 1 is 1.30 bits per heavy atom. The molecule has 2 aromatic carbocycles. The van der Waals surface area contributed by atoms with Crippen LogP contribution in [-0.4, -0.2) is 34.4 Å². The number of thiazole rings is 1. The van der Waals surface area contributed by atoms with Gasteiger partial charge in [0, 0.05) is 23.9 Å². The molecule has 4 N–H and O–H groups in total. The van der Waals surface area contributed by atoms with Crippen molar-refractivity contribution in [1.82, 2.24) is 9.88 Å². The molecule has 0 aliphatic carbocycles. The Hall–Kier alpha value is -2.86. The van der Waals surface area contributed by atoms with Crippen LogP contribution in [0.15, 0.2) is 76.7 Å². The molecular formula is C22H23N5O3S3. The molecule has 0 radical (unpaired) electrons. The van der Waals surface area contributed by atoms with Crippen LogP contribution < -0.4 is 10.6 Å². The molecule has 1 aliphatic rings. The van der Waals surface area contributed by atoms with Crippen molar-refractivity contribution in [1.29, 1.82) is 0 Å². The van der Waals surface area contributed by atoms with Gasteiger partial charge in [0.15, 0.2) is 0 Å². The lowest BCUT2D eigenvalue weighted by molar-refractivity contribution is 0.489. The van der Waals surface area contributed by atoms with Crippen LogP contribution in [0.2, 0.25) is 0 Å². The van der Waals surface area contributed by atoms with Crippen molar-refractivity contribution in [2.75, 3.05) is 11.3 Å². The summed E-state index contributed by atoms with van der Waals surface area (Å²) in [6.07, 6.45) is 0.648. The van der Waals surface area contributed by atoms with Crippen molar-refractivity contribution in [2.24, 2.45) is 10.9 Å². The first-order valence-corrected chi connectivity index (χ1v) is 13.1. The Balaban J connectivity index is 1.62. The molecular weight excluding hydrogens is 478 g/mol. The van der Waals surface area contributed by atoms with E-state index < -0.39 is 10.3 Å². The predicted octanol–water partition coefficient (Wildman–Crippen LogP) is 4.27. The normalized spacial score (nSPS) is 18.2. The number of nitrogens with one attached hydrogen (secondary N) is 1. The summed E-state index contributed by atoms with van der Waals surface area (Å²) in [6.45, 7) is 6.78. The van der Waals surface area contributed by atoms with Gasteiger partial charge < -0.3 is 10.7 Å². The number of nitrogens with zero attached hydrogens (tertiary/aromatic N) is 3. The van der Waals surface area contributed by atoms with E-state index in [0.717, 1.165) is 33.4 Å². The second-order valence-corrected chi connectivity index (χ2v) is 10.9. The Morgan fingerprint density at radius 3 is 2.64 bits per heavy atom. The number of hydrogen-bond donors (Lipinski definition) is 3. The van der Waals surface area contributed by atoms with Gasteiger partial charge in [-0.2, -0.15) is 13.5 Å². The summed E-state index contributed by atoms with van der Waals surface area (Å²) in [5, 5.41) is 8.30. The van der Waals surface area contributed by atoms with Crippen molar-refractivity contribution < 1.29 is 13.0 Å². The van der Waals surface area contributed by atoms with E-state index in [9.17, 15) is 8.42 Å². The molecule has 1 fully saturated rings. The Bertz CT molecular complexity index is 1290. The fraction of sp³-hybridized carbons (Fsp3) is 0.182. The summed E-state index contributed by atoms with van der Waals surface area (Å²) in [4.78, 5) is 7.14. The van der Waals surface area contributed by atoms with Gasteiger partial charge in [-0.15, -0.1) is 11.3 Å². The van der Waals surface area contributed by atoms with Crippen molar-refractivity contribution in [2.45, 2.75) is 18.9 Å². The van der Waals surface area contributed by atoms with Crippen LogP contribution in [-0.2, 0) is 22.3 Å². The molecule has 8 nitrogen and oxygen atoms in total. The first-order chi connectivity index (χ1) is 15.7. The molecule has 4 rings (SSSR count). The standard InChI is InChI=1S/C22H23N5O3S3/c1-15(25-23)32-16(2)27-14-22(27,12-17-8-10-19(11-9-17)26-33(28,29)30)20-13-31-21(24-20)18-6-4-3-5-7-18/h3-11,13,26H,2,12,14,23H2,1H3,(H,28,29,30)/b25-15-. The number of anilines is 1. The quantitative estimate of drug-likeness (QED) is 0.105. The van der Waals surface area contributed by atoms with E-state index in [2.05, 4.69) is 26.7 Å². The Kier molecular flexibility index (Phi) is 6.48. The monoisotopic (exact) mass is 501 g/mol. The number of thioether (sulfide) groups is 1. The Morgan fingerprint density at radius 2 is 2.00 bits per heavy atom. The van der Waals surface area contributed by atoms with E-state index in [1.165, 1.54) is 11.8 Å². The minimum Gasteiger partial charge on any atom is -0.350 e. The molecule has 1 atom stereocenters. The SMILES string of the molecule is C=C(S/C(C)=N\N)N1CC1(Cc1ccc(NS(=O)(=O)O)cc1)c1csc(-c2ccccc2)n1. The molecule has 172 valence electrons. The van der Waals surface area contributed by atoms with Crippen LogP contribution in [0.5, 0.6) is 0 Å². The highest BCUT2D eigenvalue weighted by atomic mass is 32.2. The lowest BCUT2D eigenvalue weighted by atomic mass is 9.96. The maximum atomic E-state index is 11.1. The van der Waals surface area contributed by atoms with Gasteiger partial charge in [-0.3, -0.25) is 9.27 Å². The van der Waals surface area contributed by atoms with Crippen LogP contribution in [0.1, 0.15) is 18.2 Å². The van der Waals surface area contributed by atoms with Crippen LogP contribution in [0.3, 0.4) is 0 Å². The van der Waals surface area contributed by atoms with Gasteiger partial charge >= 0.3 is 10.3 Å². The van der Waals surface area contributed by atoms with Crippen LogP contribution in [0.25, 0.3) is 10.6 Å². The minimum absolute atomic E-state index is 0.290. The fourth-order valence-corrected chi connectivity index (χ4v) is 5.74. The zero-order chi connectivity index (χ0) is 23.6. The average molecular weight is 502 g/mol. The van der Waals surface area contributed by atoms with E-state index in [1.807, 2.05) is 49.4 Å². The first-order valence-electron chi connectivity index (χ1n) is 9.95. The summed E-state index contributed by atoms with van der Waals surface area (Å²) >= 11 is 3.02. The van der Waals surface area contributed by atoms with Gasteiger partial charge in [0.1, 0.15) is 10.5 Å². The maximum absolute atomic E-state index is 11.1. The number of aromatic nitrogens is 1. The second kappa shape index (κ2) is 9.18. The third kappa shape index (κ3) is 5.38. The molecule has 1 aromatic heterocycles. The molecule has 2 heterocycles. The van der Waals surface area contributed by atoms with E-state index in [1.54, 1.807) is 23.5 Å². The number of benzene rings is 2. The summed E-state index contributed by atoms with van der Waals surface area (Å²) in [6, 6.07) is 16.9. The van der Waals surface area contributed by atoms with E-state index in [4.69, 9.17) is 15.4 Å². The smallest absolute Gasteiger partial charge is 0.350 e. The number of hydrazone groups is 1. The molecule has 0 bridgehead atoms. The van der Waals surface area contributed by atoms with Crippen LogP contribution in [0.4, 0.5) is 5.69 Å². The highest BCUT2D eigenvalue weighted by Crippen LogP contribution is 2.51. The topological polar surface area (TPSA) is 121 Å². The first kappa shape index (κ1) is 23.3. The third-order valence-corrected chi connectivity index (χ3v) is 7.52. The fourth-order valence-electron chi connectivity index (χ4n) is 3.64. The van der Waals surface area contributed by atoms with Gasteiger partial charge in [0.2, 0.25) is 0 Å². The second-order valence-electron chi connectivity index (χ2n) is 7.62. The minimum atomic E-state index is -4.32. The predicted molar refractivity (Wildman–Crippen MR) is 135 cm³/mol. The van der Waals surface area contributed by atoms with Gasteiger partial charge in [0.25, 0.3) is 0 Å². The van der Waals surface area contributed by atoms with Gasteiger partial charge in [-0.25, -0.2) is 4.98 Å². The molecule has 11 heteroatoms. The summed E-state index contributed by atoms with van der Waals surface area (Å²) in [7, 11) is -4.32. The van der Waals surface area contributed by atoms with E-state index >= 15 is 0 Å². The summed E-state index contributed by atoms with van der Waals surface area (Å²) < 4.78 is 33.2. The molecule has 1 aliphatic heterocycles. The molecule has 1 unspecified atom stereocenters. The Labute approximate surface area is 201 Å². The zero-order valence-corrected chi connectivity index (χ0v) is 20.3. The molecule has 3 aromatic rings. The van der Waals surface area contributed by atoms with Crippen molar-refractivity contribution in [3.8, 4) is 10.6 Å². The molecule has 33 heavy (non-hydrogen) atoms. The highest BCUT2D eigenvalue weighted by molar-refractivity contribution is 8.17. The van der Waals surface area contributed by atoms with Gasteiger partial charge in [0.05, 0.1) is 21.5 Å². The van der Waals surface area contributed by atoms with Crippen LogP contribution in [0, 0.1) is 0 Å². The maximum Gasteiger partial charge on any atom is 0.357 e. The molecule has 0 amide bonds. The number of rotatable bonds is 8. The zero-order valence-electron chi connectivity index (χ0n) is 17.8. The molecule has 0 saturated carbocycles. The van der Waals surface area contributed by atoms with E-state index in [-0.39, 0.29) is 11.2 Å². The lowest BCUT2D eigenvalue weighted by Crippen LogP contribution is -2.20. The van der Waals surface area contributed by atoms with Crippen molar-refractivity contribution in [3.63, 3.8) is 0 Å². The van der Waals surface area contributed by atoms with Crippen molar-refractivity contribution >= 4 is 44.1 Å².